The molecule has 1 aromatic carbocycles. The minimum absolute atomic E-state index is 0. The molecule has 0 radical (unpaired) electrons. The zero-order valence-corrected chi connectivity index (χ0v) is 16.4. The second-order valence-corrected chi connectivity index (χ2v) is 5.75. The quantitative estimate of drug-likeness (QED) is 0.239. The highest BCUT2D eigenvalue weighted by atomic mass is 127. The third-order valence-corrected chi connectivity index (χ3v) is 4.03. The second-order valence-electron chi connectivity index (χ2n) is 5.75. The van der Waals surface area contributed by atoms with Crippen molar-refractivity contribution in [3.63, 3.8) is 0 Å². The molecule has 1 unspecified atom stereocenters. The predicted octanol–water partition coefficient (Wildman–Crippen LogP) is 1.01. The van der Waals surface area contributed by atoms with Gasteiger partial charge in [-0.05, 0) is 18.5 Å². The fraction of sp³-hybridized carbons (Fsp3) is 0.588. The summed E-state index contributed by atoms with van der Waals surface area (Å²) in [6, 6.07) is 9.90. The topological polar surface area (TPSA) is 83.1 Å². The van der Waals surface area contributed by atoms with E-state index in [-0.39, 0.29) is 36.5 Å². The first kappa shape index (κ1) is 21.1. The Morgan fingerprint density at radius 2 is 2.00 bits per heavy atom. The van der Waals surface area contributed by atoms with E-state index in [1.165, 1.54) is 0 Å². The van der Waals surface area contributed by atoms with Gasteiger partial charge in [-0.15, -0.1) is 24.0 Å². The van der Waals surface area contributed by atoms with E-state index in [4.69, 9.17) is 10.5 Å². The summed E-state index contributed by atoms with van der Waals surface area (Å²) in [6.45, 7) is 6.10. The van der Waals surface area contributed by atoms with E-state index in [1.54, 1.807) is 0 Å². The molecule has 2 rings (SSSR count). The lowest BCUT2D eigenvalue weighted by Crippen LogP contribution is -2.39. The van der Waals surface area contributed by atoms with Gasteiger partial charge in [0, 0.05) is 25.6 Å². The number of aliphatic imine (C=N–C) groups is 1. The highest BCUT2D eigenvalue weighted by molar-refractivity contribution is 14.0. The van der Waals surface area contributed by atoms with Gasteiger partial charge in [-0.2, -0.15) is 0 Å². The number of morpholine rings is 1. The van der Waals surface area contributed by atoms with E-state index < -0.39 is 0 Å². The maximum atomic E-state index is 9.50. The van der Waals surface area contributed by atoms with Gasteiger partial charge in [-0.3, -0.25) is 9.89 Å². The molecule has 7 heteroatoms. The molecule has 1 saturated heterocycles. The van der Waals surface area contributed by atoms with Crippen LogP contribution in [0.2, 0.25) is 0 Å². The van der Waals surface area contributed by atoms with Crippen molar-refractivity contribution in [3.8, 4) is 0 Å². The molecule has 0 amide bonds. The first-order chi connectivity index (χ1) is 11.3. The van der Waals surface area contributed by atoms with Crippen LogP contribution in [-0.4, -0.2) is 68.5 Å². The number of nitrogens with two attached hydrogens (primary N) is 1. The molecular formula is C17H29IN4O2. The smallest absolute Gasteiger partial charge is 0.188 e. The fourth-order valence-corrected chi connectivity index (χ4v) is 2.60. The molecule has 0 aromatic heterocycles. The van der Waals surface area contributed by atoms with Gasteiger partial charge in [0.05, 0.1) is 26.4 Å². The Bertz CT molecular complexity index is 467. The number of hydrogen-bond donors (Lipinski definition) is 3. The standard InChI is InChI=1S/C17H28N4O2.HI/c18-17(19-7-4-8-21-9-11-23-12-10-21)20-13-16(14-22)15-5-2-1-3-6-15;/h1-3,5-6,16,22H,4,7-14H2,(H3,18,19,20);1H. The predicted molar refractivity (Wildman–Crippen MR) is 108 cm³/mol. The molecule has 0 aliphatic carbocycles. The molecule has 6 nitrogen and oxygen atoms in total. The molecule has 0 spiro atoms. The number of aliphatic hydroxyl groups excluding tert-OH is 1. The summed E-state index contributed by atoms with van der Waals surface area (Å²) >= 11 is 0. The van der Waals surface area contributed by atoms with E-state index >= 15 is 0 Å². The average Bonchev–Trinajstić information content (AvgIpc) is 2.61. The van der Waals surface area contributed by atoms with Gasteiger partial charge < -0.3 is 20.9 Å². The Hall–Kier alpha value is -0.900. The van der Waals surface area contributed by atoms with E-state index in [1.807, 2.05) is 30.3 Å². The molecule has 1 atom stereocenters. The van der Waals surface area contributed by atoms with Gasteiger partial charge in [0.15, 0.2) is 5.96 Å². The van der Waals surface area contributed by atoms with Crippen LogP contribution in [0.15, 0.2) is 35.3 Å². The van der Waals surface area contributed by atoms with Crippen LogP contribution in [0.25, 0.3) is 0 Å². The van der Waals surface area contributed by atoms with Crippen molar-refractivity contribution in [1.82, 2.24) is 10.2 Å². The molecule has 1 aromatic rings. The molecule has 136 valence electrons. The SMILES string of the molecule is I.NC(=NCC(CO)c1ccccc1)NCCCN1CCOCC1. The molecule has 0 saturated carbocycles. The van der Waals surface area contributed by atoms with Crippen LogP contribution in [0.4, 0.5) is 0 Å². The third-order valence-electron chi connectivity index (χ3n) is 4.03. The van der Waals surface area contributed by atoms with Crippen LogP contribution in [0.5, 0.6) is 0 Å². The number of guanidine groups is 1. The molecule has 1 heterocycles. The number of rotatable bonds is 8. The lowest BCUT2D eigenvalue weighted by molar-refractivity contribution is 0.0376. The van der Waals surface area contributed by atoms with Crippen molar-refractivity contribution in [2.24, 2.45) is 10.7 Å². The largest absolute Gasteiger partial charge is 0.396 e. The van der Waals surface area contributed by atoms with Crippen molar-refractivity contribution in [1.29, 1.82) is 0 Å². The molecule has 4 N–H and O–H groups in total. The van der Waals surface area contributed by atoms with Crippen molar-refractivity contribution in [2.45, 2.75) is 12.3 Å². The van der Waals surface area contributed by atoms with Gasteiger partial charge in [0.1, 0.15) is 0 Å². The Kier molecular flexibility index (Phi) is 11.0. The summed E-state index contributed by atoms with van der Waals surface area (Å²) in [4.78, 5) is 6.74. The maximum Gasteiger partial charge on any atom is 0.188 e. The Labute approximate surface area is 161 Å². The first-order valence-corrected chi connectivity index (χ1v) is 8.29. The van der Waals surface area contributed by atoms with E-state index in [0.29, 0.717) is 12.5 Å². The van der Waals surface area contributed by atoms with Crippen LogP contribution in [0.1, 0.15) is 17.9 Å². The van der Waals surface area contributed by atoms with Crippen LogP contribution in [0, 0.1) is 0 Å². The van der Waals surface area contributed by atoms with Crippen molar-refractivity contribution in [2.75, 3.05) is 52.5 Å². The zero-order chi connectivity index (χ0) is 16.3. The lowest BCUT2D eigenvalue weighted by atomic mass is 10.0. The molecule has 24 heavy (non-hydrogen) atoms. The van der Waals surface area contributed by atoms with Gasteiger partial charge in [0.2, 0.25) is 0 Å². The number of aliphatic hydroxyl groups is 1. The molecule has 1 aliphatic heterocycles. The number of hydrogen-bond acceptors (Lipinski definition) is 4. The fourth-order valence-electron chi connectivity index (χ4n) is 2.60. The molecular weight excluding hydrogens is 419 g/mol. The van der Waals surface area contributed by atoms with E-state index in [9.17, 15) is 5.11 Å². The summed E-state index contributed by atoms with van der Waals surface area (Å²) in [7, 11) is 0. The van der Waals surface area contributed by atoms with Crippen LogP contribution >= 0.6 is 24.0 Å². The second kappa shape index (κ2) is 12.5. The molecule has 1 fully saturated rings. The third kappa shape index (κ3) is 7.78. The number of nitrogens with one attached hydrogen (secondary N) is 1. The number of ether oxygens (including phenoxy) is 1. The summed E-state index contributed by atoms with van der Waals surface area (Å²) in [6.07, 6.45) is 1.03. The minimum Gasteiger partial charge on any atom is -0.396 e. The minimum atomic E-state index is -0.00935. The van der Waals surface area contributed by atoms with Crippen LogP contribution in [-0.2, 0) is 4.74 Å². The first-order valence-electron chi connectivity index (χ1n) is 8.29. The molecule has 0 bridgehead atoms. The molecule has 1 aliphatic rings. The van der Waals surface area contributed by atoms with Gasteiger partial charge in [0.25, 0.3) is 0 Å². The maximum absolute atomic E-state index is 9.50. The number of benzene rings is 1. The Morgan fingerprint density at radius 3 is 2.67 bits per heavy atom. The van der Waals surface area contributed by atoms with E-state index in [0.717, 1.165) is 51.4 Å². The van der Waals surface area contributed by atoms with Crippen LogP contribution < -0.4 is 11.1 Å². The van der Waals surface area contributed by atoms with Crippen molar-refractivity contribution >= 4 is 29.9 Å². The Morgan fingerprint density at radius 1 is 1.29 bits per heavy atom. The van der Waals surface area contributed by atoms with Crippen LogP contribution in [0.3, 0.4) is 0 Å². The monoisotopic (exact) mass is 448 g/mol. The van der Waals surface area contributed by atoms with Gasteiger partial charge >= 0.3 is 0 Å². The summed E-state index contributed by atoms with van der Waals surface area (Å²) in [5.74, 6) is 0.436. The summed E-state index contributed by atoms with van der Waals surface area (Å²) in [5.41, 5.74) is 6.98. The normalized spacial score (nSPS) is 17.1. The van der Waals surface area contributed by atoms with E-state index in [2.05, 4.69) is 15.2 Å². The highest BCUT2D eigenvalue weighted by Gasteiger charge is 2.10. The van der Waals surface area contributed by atoms with Crippen molar-refractivity contribution in [3.05, 3.63) is 35.9 Å². The highest BCUT2D eigenvalue weighted by Crippen LogP contribution is 2.14. The van der Waals surface area contributed by atoms with Crippen molar-refractivity contribution < 1.29 is 9.84 Å². The number of halogens is 1. The number of nitrogens with zero attached hydrogens (tertiary/aromatic N) is 2. The summed E-state index contributed by atoms with van der Waals surface area (Å²) < 4.78 is 5.33. The summed E-state index contributed by atoms with van der Waals surface area (Å²) in [5, 5.41) is 12.6. The average molecular weight is 448 g/mol. The lowest BCUT2D eigenvalue weighted by Gasteiger charge is -2.26. The van der Waals surface area contributed by atoms with Gasteiger partial charge in [-0.1, -0.05) is 30.3 Å². The Balaban J connectivity index is 0.00000288. The van der Waals surface area contributed by atoms with Gasteiger partial charge in [-0.25, -0.2) is 0 Å². The zero-order valence-electron chi connectivity index (χ0n) is 14.1.